The summed E-state index contributed by atoms with van der Waals surface area (Å²) in [6.45, 7) is 1.22. The molecule has 0 fully saturated rings. The average Bonchev–Trinajstić information content (AvgIpc) is 2.70. The Morgan fingerprint density at radius 3 is 2.65 bits per heavy atom. The minimum Gasteiger partial charge on any atom is -0.451 e. The maximum Gasteiger partial charge on any atom is 0.183 e. The highest BCUT2D eigenvalue weighted by Gasteiger charge is 2.21. The van der Waals surface area contributed by atoms with Crippen LogP contribution in [0, 0.1) is 0 Å². The molecular weight excluding hydrogens is 407 g/mol. The van der Waals surface area contributed by atoms with Gasteiger partial charge in [0, 0.05) is 18.1 Å². The third-order valence-electron chi connectivity index (χ3n) is 3.07. The monoisotopic (exact) mass is 420 g/mol. The van der Waals surface area contributed by atoms with Crippen molar-refractivity contribution in [2.75, 3.05) is 13.6 Å². The lowest BCUT2D eigenvalue weighted by atomic mass is 10.1. The number of furan rings is 1. The van der Waals surface area contributed by atoms with Crippen molar-refractivity contribution in [2.24, 2.45) is 5.73 Å². The van der Waals surface area contributed by atoms with Crippen molar-refractivity contribution >= 4 is 43.5 Å². The molecule has 0 aliphatic heterocycles. The average molecular weight is 423 g/mol. The van der Waals surface area contributed by atoms with Crippen LogP contribution in [0.4, 0.5) is 0 Å². The van der Waals surface area contributed by atoms with E-state index < -0.39 is 0 Å². The molecular formula is C14H15Br2ClN2O. The summed E-state index contributed by atoms with van der Waals surface area (Å²) < 4.78 is 7.25. The molecule has 1 atom stereocenters. The molecule has 0 aliphatic carbocycles. The van der Waals surface area contributed by atoms with E-state index in [1.807, 2.05) is 37.4 Å². The molecule has 3 nitrogen and oxygen atoms in total. The third kappa shape index (κ3) is 3.86. The lowest BCUT2D eigenvalue weighted by Gasteiger charge is -2.25. The van der Waals surface area contributed by atoms with Gasteiger partial charge in [-0.15, -0.1) is 0 Å². The molecule has 0 saturated carbocycles. The zero-order valence-electron chi connectivity index (χ0n) is 10.9. The van der Waals surface area contributed by atoms with Crippen molar-refractivity contribution in [1.82, 2.24) is 4.90 Å². The standard InChI is InChI=1S/C14H15Br2ClN2O/c1-19(8-9-3-2-4-10(17)5-9)12(7-18)13-6-11(15)14(16)20-13/h2-6,12H,7-8,18H2,1H3. The predicted octanol–water partition coefficient (Wildman–Crippen LogP) is 4.59. The summed E-state index contributed by atoms with van der Waals surface area (Å²) in [5, 5.41) is 0.740. The first kappa shape index (κ1) is 16.0. The summed E-state index contributed by atoms with van der Waals surface area (Å²) in [5.74, 6) is 0.829. The normalized spacial score (nSPS) is 12.9. The number of hydrogen-bond donors (Lipinski definition) is 1. The summed E-state index contributed by atoms with van der Waals surface area (Å²) >= 11 is 12.8. The molecule has 0 aliphatic rings. The first-order valence-corrected chi connectivity index (χ1v) is 8.07. The fourth-order valence-electron chi connectivity index (χ4n) is 2.07. The number of likely N-dealkylation sites (N-methyl/N-ethyl adjacent to an activating group) is 1. The van der Waals surface area contributed by atoms with Crippen molar-refractivity contribution in [3.05, 3.63) is 55.8 Å². The Labute approximate surface area is 140 Å². The molecule has 0 spiro atoms. The smallest absolute Gasteiger partial charge is 0.183 e. The van der Waals surface area contributed by atoms with Gasteiger partial charge in [0.15, 0.2) is 4.67 Å². The molecule has 1 aromatic carbocycles. The molecule has 1 heterocycles. The molecule has 0 amide bonds. The Morgan fingerprint density at radius 2 is 2.10 bits per heavy atom. The van der Waals surface area contributed by atoms with E-state index in [9.17, 15) is 0 Å². The van der Waals surface area contributed by atoms with E-state index in [0.29, 0.717) is 11.2 Å². The quantitative estimate of drug-likeness (QED) is 0.766. The Bertz CT molecular complexity index is 569. The van der Waals surface area contributed by atoms with Crippen molar-refractivity contribution in [3.63, 3.8) is 0 Å². The van der Waals surface area contributed by atoms with Gasteiger partial charge >= 0.3 is 0 Å². The second-order valence-electron chi connectivity index (χ2n) is 4.57. The highest BCUT2D eigenvalue weighted by molar-refractivity contribution is 9.13. The number of hydrogen-bond acceptors (Lipinski definition) is 3. The van der Waals surface area contributed by atoms with Crippen molar-refractivity contribution in [3.8, 4) is 0 Å². The van der Waals surface area contributed by atoms with Gasteiger partial charge in [-0.05, 0) is 62.7 Å². The zero-order valence-corrected chi connectivity index (χ0v) is 14.9. The van der Waals surface area contributed by atoms with Gasteiger partial charge in [0.2, 0.25) is 0 Å². The minimum atomic E-state index is 0.0107. The van der Waals surface area contributed by atoms with Crippen LogP contribution in [-0.2, 0) is 6.54 Å². The van der Waals surface area contributed by atoms with Crippen LogP contribution in [0.15, 0.2) is 43.9 Å². The van der Waals surface area contributed by atoms with E-state index in [1.165, 1.54) is 0 Å². The van der Waals surface area contributed by atoms with Gasteiger partial charge in [0.05, 0.1) is 10.5 Å². The highest BCUT2D eigenvalue weighted by Crippen LogP contribution is 2.32. The van der Waals surface area contributed by atoms with E-state index >= 15 is 0 Å². The van der Waals surface area contributed by atoms with Crippen molar-refractivity contribution < 1.29 is 4.42 Å². The first-order valence-electron chi connectivity index (χ1n) is 6.10. The minimum absolute atomic E-state index is 0.0107. The maximum absolute atomic E-state index is 6.01. The van der Waals surface area contributed by atoms with Crippen LogP contribution in [0.5, 0.6) is 0 Å². The Balaban J connectivity index is 2.15. The van der Waals surface area contributed by atoms with Crippen LogP contribution in [0.25, 0.3) is 0 Å². The van der Waals surface area contributed by atoms with Crippen molar-refractivity contribution in [1.29, 1.82) is 0 Å². The summed E-state index contributed by atoms with van der Waals surface area (Å²) in [7, 11) is 2.02. The zero-order chi connectivity index (χ0) is 14.7. The number of nitrogens with zero attached hydrogens (tertiary/aromatic N) is 1. The van der Waals surface area contributed by atoms with Gasteiger partial charge in [0.1, 0.15) is 5.76 Å². The molecule has 1 unspecified atom stereocenters. The number of nitrogens with two attached hydrogens (primary N) is 1. The fraction of sp³-hybridized carbons (Fsp3) is 0.286. The molecule has 1 aromatic heterocycles. The summed E-state index contributed by atoms with van der Waals surface area (Å²) in [6.07, 6.45) is 0. The van der Waals surface area contributed by atoms with E-state index in [4.69, 9.17) is 21.8 Å². The highest BCUT2D eigenvalue weighted by atomic mass is 79.9. The Morgan fingerprint density at radius 1 is 1.35 bits per heavy atom. The van der Waals surface area contributed by atoms with E-state index in [-0.39, 0.29) is 6.04 Å². The fourth-order valence-corrected chi connectivity index (χ4v) is 2.90. The SMILES string of the molecule is CN(Cc1cccc(Cl)c1)C(CN)c1cc(Br)c(Br)o1. The van der Waals surface area contributed by atoms with Crippen LogP contribution >= 0.6 is 43.5 Å². The van der Waals surface area contributed by atoms with Gasteiger partial charge in [-0.25, -0.2) is 0 Å². The molecule has 2 aromatic rings. The molecule has 0 saturated heterocycles. The molecule has 6 heteroatoms. The number of rotatable bonds is 5. The molecule has 20 heavy (non-hydrogen) atoms. The second kappa shape index (κ2) is 7.09. The molecule has 2 N–H and O–H groups in total. The lowest BCUT2D eigenvalue weighted by Crippen LogP contribution is -2.29. The maximum atomic E-state index is 6.01. The Kier molecular flexibility index (Phi) is 5.69. The second-order valence-corrected chi connectivity index (χ2v) is 6.58. The Hall–Kier alpha value is -0.330. The van der Waals surface area contributed by atoms with Crippen molar-refractivity contribution in [2.45, 2.75) is 12.6 Å². The molecule has 108 valence electrons. The largest absolute Gasteiger partial charge is 0.451 e. The number of benzene rings is 1. The van der Waals surface area contributed by atoms with E-state index in [0.717, 1.165) is 27.4 Å². The number of halogens is 3. The van der Waals surface area contributed by atoms with Crippen LogP contribution in [-0.4, -0.2) is 18.5 Å². The van der Waals surface area contributed by atoms with Gasteiger partial charge < -0.3 is 10.2 Å². The van der Waals surface area contributed by atoms with Gasteiger partial charge in [-0.3, -0.25) is 4.90 Å². The van der Waals surface area contributed by atoms with Crippen LogP contribution in [0.1, 0.15) is 17.4 Å². The van der Waals surface area contributed by atoms with Crippen LogP contribution < -0.4 is 5.73 Å². The molecule has 2 rings (SSSR count). The molecule has 0 bridgehead atoms. The van der Waals surface area contributed by atoms with Gasteiger partial charge in [-0.1, -0.05) is 23.7 Å². The van der Waals surface area contributed by atoms with Gasteiger partial charge in [-0.2, -0.15) is 0 Å². The third-order valence-corrected chi connectivity index (χ3v) is 5.01. The summed E-state index contributed by atoms with van der Waals surface area (Å²) in [6, 6.07) is 9.77. The van der Waals surface area contributed by atoms with Gasteiger partial charge in [0.25, 0.3) is 0 Å². The molecule has 0 radical (unpaired) electrons. The van der Waals surface area contributed by atoms with E-state index in [1.54, 1.807) is 0 Å². The first-order chi connectivity index (χ1) is 9.51. The van der Waals surface area contributed by atoms with E-state index in [2.05, 4.69) is 36.8 Å². The summed E-state index contributed by atoms with van der Waals surface area (Å²) in [4.78, 5) is 2.14. The lowest BCUT2D eigenvalue weighted by molar-refractivity contribution is 0.211. The predicted molar refractivity (Wildman–Crippen MR) is 88.8 cm³/mol. The topological polar surface area (TPSA) is 42.4 Å². The van der Waals surface area contributed by atoms with Crippen LogP contribution in [0.3, 0.4) is 0 Å². The van der Waals surface area contributed by atoms with Crippen LogP contribution in [0.2, 0.25) is 5.02 Å². The summed E-state index contributed by atoms with van der Waals surface area (Å²) in [5.41, 5.74) is 7.03.